The summed E-state index contributed by atoms with van der Waals surface area (Å²) in [5.74, 6) is 0.518. The number of anilines is 2. The molecule has 2 amide bonds. The largest absolute Gasteiger partial charge is 0.417 e. The van der Waals surface area contributed by atoms with Crippen molar-refractivity contribution in [2.45, 2.75) is 6.92 Å². The van der Waals surface area contributed by atoms with E-state index in [4.69, 9.17) is 9.26 Å². The lowest BCUT2D eigenvalue weighted by atomic mass is 10.3. The van der Waals surface area contributed by atoms with Crippen molar-refractivity contribution < 1.29 is 18.8 Å². The lowest BCUT2D eigenvalue weighted by Crippen LogP contribution is -2.17. The highest BCUT2D eigenvalue weighted by molar-refractivity contribution is 9.09. The normalized spacial score (nSPS) is 10.0. The zero-order valence-electron chi connectivity index (χ0n) is 11.1. The van der Waals surface area contributed by atoms with Gasteiger partial charge in [-0.2, -0.15) is 0 Å². The van der Waals surface area contributed by atoms with Gasteiger partial charge in [-0.1, -0.05) is 21.1 Å². The number of hydrogen-bond donors (Lipinski definition) is 2. The van der Waals surface area contributed by atoms with Gasteiger partial charge in [-0.3, -0.25) is 10.1 Å². The summed E-state index contributed by atoms with van der Waals surface area (Å²) in [6, 6.07) is 6.62. The maximum atomic E-state index is 11.7. The fraction of sp³-hybridized carbons (Fsp3) is 0.154. The van der Waals surface area contributed by atoms with Crippen molar-refractivity contribution in [3.8, 4) is 5.75 Å². The molecule has 110 valence electrons. The molecular weight excluding hydrogens is 342 g/mol. The van der Waals surface area contributed by atoms with Gasteiger partial charge in [0.2, 0.25) is 5.91 Å². The van der Waals surface area contributed by atoms with Crippen molar-refractivity contribution in [2.24, 2.45) is 0 Å². The number of amides is 2. The van der Waals surface area contributed by atoms with E-state index in [-0.39, 0.29) is 17.0 Å². The van der Waals surface area contributed by atoms with Crippen LogP contribution in [-0.2, 0) is 4.79 Å². The van der Waals surface area contributed by atoms with Crippen LogP contribution < -0.4 is 15.4 Å². The summed E-state index contributed by atoms with van der Waals surface area (Å²) in [5.41, 5.74) is 1.17. The summed E-state index contributed by atoms with van der Waals surface area (Å²) in [7, 11) is 0. The number of hydrogen-bond acceptors (Lipinski definition) is 5. The van der Waals surface area contributed by atoms with E-state index in [2.05, 4.69) is 31.7 Å². The molecule has 0 atom stereocenters. The monoisotopic (exact) mass is 353 g/mol. The summed E-state index contributed by atoms with van der Waals surface area (Å²) in [6.07, 6.45) is 0.659. The Kier molecular flexibility index (Phi) is 4.94. The summed E-state index contributed by atoms with van der Waals surface area (Å²) in [4.78, 5) is 22.9. The molecule has 0 bridgehead atoms. The van der Waals surface area contributed by atoms with Gasteiger partial charge >= 0.3 is 6.09 Å². The van der Waals surface area contributed by atoms with Gasteiger partial charge < -0.3 is 14.6 Å². The highest BCUT2D eigenvalue weighted by Gasteiger charge is 2.10. The van der Waals surface area contributed by atoms with Gasteiger partial charge in [0.05, 0.1) is 5.33 Å². The lowest BCUT2D eigenvalue weighted by molar-refractivity contribution is -0.113. The number of aromatic nitrogens is 1. The van der Waals surface area contributed by atoms with E-state index in [1.807, 2.05) is 0 Å². The minimum atomic E-state index is -0.654. The van der Waals surface area contributed by atoms with E-state index < -0.39 is 6.09 Å². The van der Waals surface area contributed by atoms with E-state index >= 15 is 0 Å². The zero-order valence-corrected chi connectivity index (χ0v) is 12.6. The first-order valence-corrected chi connectivity index (χ1v) is 7.06. The Hall–Kier alpha value is -2.35. The van der Waals surface area contributed by atoms with Crippen LogP contribution in [0.3, 0.4) is 0 Å². The van der Waals surface area contributed by atoms with Gasteiger partial charge in [0.1, 0.15) is 6.20 Å². The number of rotatable bonds is 4. The molecule has 21 heavy (non-hydrogen) atoms. The van der Waals surface area contributed by atoms with E-state index in [0.717, 1.165) is 0 Å². The van der Waals surface area contributed by atoms with E-state index in [0.29, 0.717) is 17.1 Å². The third-order valence-corrected chi connectivity index (χ3v) is 2.95. The number of carbonyl (C=O) groups excluding carboxylic acids is 2. The van der Waals surface area contributed by atoms with Gasteiger partial charge in [0.15, 0.2) is 11.5 Å². The van der Waals surface area contributed by atoms with Crippen molar-refractivity contribution in [3.05, 3.63) is 36.2 Å². The van der Waals surface area contributed by atoms with Gasteiger partial charge in [-0.15, -0.1) is 0 Å². The lowest BCUT2D eigenvalue weighted by Gasteiger charge is -2.07. The Morgan fingerprint density at radius 1 is 1.24 bits per heavy atom. The smallest absolute Gasteiger partial charge is 0.405 e. The van der Waals surface area contributed by atoms with Crippen LogP contribution in [0.2, 0.25) is 0 Å². The molecule has 7 nitrogen and oxygen atoms in total. The Morgan fingerprint density at radius 3 is 2.38 bits per heavy atom. The van der Waals surface area contributed by atoms with Crippen LogP contribution >= 0.6 is 15.9 Å². The minimum absolute atomic E-state index is 0.155. The number of aryl methyl sites for hydroxylation is 1. The average Bonchev–Trinajstić information content (AvgIpc) is 2.86. The highest BCUT2D eigenvalue weighted by Crippen LogP contribution is 2.18. The number of carbonyl (C=O) groups is 2. The van der Waals surface area contributed by atoms with E-state index in [9.17, 15) is 9.59 Å². The van der Waals surface area contributed by atoms with Crippen molar-refractivity contribution >= 4 is 39.3 Å². The number of benzene rings is 1. The number of nitrogens with zero attached hydrogens (tertiary/aromatic N) is 1. The topological polar surface area (TPSA) is 93.5 Å². The molecule has 0 aliphatic carbocycles. The fourth-order valence-electron chi connectivity index (χ4n) is 1.46. The van der Waals surface area contributed by atoms with Crippen molar-refractivity contribution in [3.63, 3.8) is 0 Å². The second-order valence-corrected chi connectivity index (χ2v) is 4.58. The van der Waals surface area contributed by atoms with Crippen LogP contribution in [0.4, 0.5) is 16.2 Å². The zero-order chi connectivity index (χ0) is 15.2. The molecule has 0 radical (unpaired) electrons. The van der Waals surface area contributed by atoms with E-state index in [1.54, 1.807) is 31.2 Å². The molecule has 1 aromatic carbocycles. The number of halogens is 1. The Morgan fingerprint density at radius 2 is 1.86 bits per heavy atom. The summed E-state index contributed by atoms with van der Waals surface area (Å²) in [6.45, 7) is 1.64. The molecule has 2 aromatic rings. The second kappa shape index (κ2) is 6.89. The van der Waals surface area contributed by atoms with Crippen LogP contribution in [0, 0.1) is 6.92 Å². The first-order chi connectivity index (χ1) is 10.1. The summed E-state index contributed by atoms with van der Waals surface area (Å²) < 4.78 is 9.80. The molecule has 0 spiro atoms. The van der Waals surface area contributed by atoms with Gasteiger partial charge in [-0.25, -0.2) is 4.79 Å². The number of nitrogens with one attached hydrogen (secondary N) is 2. The molecule has 0 saturated heterocycles. The minimum Gasteiger partial charge on any atom is -0.405 e. The van der Waals surface area contributed by atoms with Crippen LogP contribution in [0.25, 0.3) is 0 Å². The summed E-state index contributed by atoms with van der Waals surface area (Å²) >= 11 is 3.06. The number of ether oxygens (including phenoxy) is 1. The molecule has 0 fully saturated rings. The molecule has 2 N–H and O–H groups in total. The van der Waals surface area contributed by atoms with Gasteiger partial charge in [0.25, 0.3) is 0 Å². The fourth-order valence-corrected chi connectivity index (χ4v) is 1.60. The standard InChI is InChI=1S/C13H12BrN3O4/c1-8-11(7-15-21-8)20-13(19)17-10-4-2-9(3-5-10)16-12(18)6-14/h2-5,7H,6H2,1H3,(H,16,18)(H,17,19). The molecule has 8 heteroatoms. The van der Waals surface area contributed by atoms with Crippen LogP contribution in [-0.4, -0.2) is 22.5 Å². The van der Waals surface area contributed by atoms with Gasteiger partial charge in [0, 0.05) is 18.3 Å². The average molecular weight is 354 g/mol. The maximum absolute atomic E-state index is 11.7. The summed E-state index contributed by atoms with van der Waals surface area (Å²) in [5, 5.41) is 8.94. The molecule has 1 aromatic heterocycles. The predicted molar refractivity (Wildman–Crippen MR) is 79.8 cm³/mol. The second-order valence-electron chi connectivity index (χ2n) is 4.02. The van der Waals surface area contributed by atoms with Crippen molar-refractivity contribution in [1.82, 2.24) is 5.16 Å². The molecule has 0 saturated carbocycles. The number of alkyl halides is 1. The van der Waals surface area contributed by atoms with Crippen molar-refractivity contribution in [2.75, 3.05) is 16.0 Å². The predicted octanol–water partition coefficient (Wildman–Crippen LogP) is 2.93. The molecule has 2 rings (SSSR count). The third kappa shape index (κ3) is 4.32. The first kappa shape index (κ1) is 15.0. The molecule has 0 aliphatic heterocycles. The first-order valence-electron chi connectivity index (χ1n) is 5.94. The molecule has 0 aliphatic rings. The van der Waals surface area contributed by atoms with E-state index in [1.165, 1.54) is 6.20 Å². The maximum Gasteiger partial charge on any atom is 0.417 e. The molecule has 0 unspecified atom stereocenters. The SMILES string of the molecule is Cc1oncc1OC(=O)Nc1ccc(NC(=O)CBr)cc1. The Balaban J connectivity index is 1.92. The Labute approximate surface area is 128 Å². The third-order valence-electron chi connectivity index (χ3n) is 2.45. The van der Waals surface area contributed by atoms with Crippen LogP contribution in [0.5, 0.6) is 5.75 Å². The van der Waals surface area contributed by atoms with Gasteiger partial charge in [-0.05, 0) is 24.3 Å². The van der Waals surface area contributed by atoms with Crippen LogP contribution in [0.1, 0.15) is 5.76 Å². The molecule has 1 heterocycles. The Bertz CT molecular complexity index is 639. The molecular formula is C13H12BrN3O4. The van der Waals surface area contributed by atoms with Crippen molar-refractivity contribution in [1.29, 1.82) is 0 Å². The van der Waals surface area contributed by atoms with Crippen LogP contribution in [0.15, 0.2) is 35.0 Å². The highest BCUT2D eigenvalue weighted by atomic mass is 79.9. The quantitative estimate of drug-likeness (QED) is 0.824.